The van der Waals surface area contributed by atoms with Crippen LogP contribution in [0, 0.1) is 6.92 Å². The van der Waals surface area contributed by atoms with Gasteiger partial charge in [-0.15, -0.1) is 0 Å². The minimum atomic E-state index is -0.506. The van der Waals surface area contributed by atoms with E-state index < -0.39 is 5.97 Å². The number of hydrogen-bond donors (Lipinski definition) is 1. The first kappa shape index (κ1) is 20.0. The highest BCUT2D eigenvalue weighted by Crippen LogP contribution is 2.29. The normalized spacial score (nSPS) is 10.5. The van der Waals surface area contributed by atoms with Crippen molar-refractivity contribution in [3.05, 3.63) is 65.2 Å². The highest BCUT2D eigenvalue weighted by molar-refractivity contribution is 5.93. The van der Waals surface area contributed by atoms with Crippen molar-refractivity contribution in [2.24, 2.45) is 0 Å². The number of carbonyl (C=O) groups is 2. The van der Waals surface area contributed by atoms with Crippen LogP contribution in [0.25, 0.3) is 6.08 Å². The lowest BCUT2D eigenvalue weighted by molar-refractivity contribution is -0.140. The van der Waals surface area contributed by atoms with E-state index in [-0.39, 0.29) is 12.5 Å². The van der Waals surface area contributed by atoms with Gasteiger partial charge in [0.25, 0.3) is 0 Å². The topological polar surface area (TPSA) is 73.9 Å². The van der Waals surface area contributed by atoms with E-state index in [0.29, 0.717) is 18.1 Å². The summed E-state index contributed by atoms with van der Waals surface area (Å²) in [5, 5.41) is 2.43. The van der Waals surface area contributed by atoms with Crippen molar-refractivity contribution >= 4 is 18.0 Å². The molecule has 0 heterocycles. The fourth-order valence-electron chi connectivity index (χ4n) is 2.21. The molecule has 142 valence electrons. The van der Waals surface area contributed by atoms with Crippen LogP contribution in [-0.4, -0.2) is 32.6 Å². The number of amides is 1. The van der Waals surface area contributed by atoms with Crippen molar-refractivity contribution in [2.75, 3.05) is 20.8 Å². The second-order valence-electron chi connectivity index (χ2n) is 5.81. The lowest BCUT2D eigenvalue weighted by atomic mass is 10.1. The molecule has 6 nitrogen and oxygen atoms in total. The number of esters is 1. The van der Waals surface area contributed by atoms with Crippen LogP contribution in [0.1, 0.15) is 16.7 Å². The molecule has 0 aliphatic heterocycles. The Hall–Kier alpha value is -3.28. The molecule has 0 atom stereocenters. The van der Waals surface area contributed by atoms with Crippen LogP contribution in [0.5, 0.6) is 11.5 Å². The maximum atomic E-state index is 11.7. The summed E-state index contributed by atoms with van der Waals surface area (Å²) in [6.45, 7) is 2.30. The van der Waals surface area contributed by atoms with E-state index >= 15 is 0 Å². The molecule has 0 saturated carbocycles. The Morgan fingerprint density at radius 3 is 2.44 bits per heavy atom. The van der Waals surface area contributed by atoms with Gasteiger partial charge in [-0.05, 0) is 36.3 Å². The number of nitrogens with one attached hydrogen (secondary N) is 1. The Morgan fingerprint density at radius 1 is 1.04 bits per heavy atom. The number of rotatable bonds is 8. The maximum Gasteiger partial charge on any atom is 0.325 e. The van der Waals surface area contributed by atoms with E-state index in [9.17, 15) is 9.59 Å². The second kappa shape index (κ2) is 10.0. The lowest BCUT2D eigenvalue weighted by Crippen LogP contribution is -2.28. The summed E-state index contributed by atoms with van der Waals surface area (Å²) >= 11 is 0. The van der Waals surface area contributed by atoms with Gasteiger partial charge in [-0.3, -0.25) is 9.59 Å². The molecule has 0 aliphatic rings. The fraction of sp³-hybridized carbons (Fsp3) is 0.238. The second-order valence-corrected chi connectivity index (χ2v) is 5.81. The smallest absolute Gasteiger partial charge is 0.325 e. The van der Waals surface area contributed by atoms with Crippen LogP contribution >= 0.6 is 0 Å². The van der Waals surface area contributed by atoms with Gasteiger partial charge < -0.3 is 19.5 Å². The zero-order valence-corrected chi connectivity index (χ0v) is 15.7. The number of aryl methyl sites for hydroxylation is 1. The SMILES string of the molecule is COC(=O)CNC(=O)/C=C/c1ccc(OCc2ccc(C)cc2)c(OC)c1. The zero-order chi connectivity index (χ0) is 19.6. The molecule has 0 saturated heterocycles. The van der Waals surface area contributed by atoms with Crippen LogP contribution in [-0.2, 0) is 20.9 Å². The first-order valence-electron chi connectivity index (χ1n) is 8.41. The van der Waals surface area contributed by atoms with Crippen molar-refractivity contribution in [3.8, 4) is 11.5 Å². The predicted octanol–water partition coefficient (Wildman–Crippen LogP) is 2.89. The Bertz CT molecular complexity index is 812. The third kappa shape index (κ3) is 6.51. The molecule has 6 heteroatoms. The molecule has 0 radical (unpaired) electrons. The summed E-state index contributed by atoms with van der Waals surface area (Å²) in [6, 6.07) is 13.5. The van der Waals surface area contributed by atoms with Gasteiger partial charge in [0.05, 0.1) is 14.2 Å². The molecule has 27 heavy (non-hydrogen) atoms. The van der Waals surface area contributed by atoms with Crippen LogP contribution < -0.4 is 14.8 Å². The number of benzene rings is 2. The summed E-state index contributed by atoms with van der Waals surface area (Å²) in [4.78, 5) is 22.7. The monoisotopic (exact) mass is 369 g/mol. The number of methoxy groups -OCH3 is 2. The quantitative estimate of drug-likeness (QED) is 0.572. The lowest BCUT2D eigenvalue weighted by Gasteiger charge is -2.11. The van der Waals surface area contributed by atoms with E-state index in [1.807, 2.05) is 37.3 Å². The van der Waals surface area contributed by atoms with Gasteiger partial charge in [-0.1, -0.05) is 35.9 Å². The molecule has 2 rings (SSSR count). The van der Waals surface area contributed by atoms with E-state index in [4.69, 9.17) is 9.47 Å². The summed E-state index contributed by atoms with van der Waals surface area (Å²) < 4.78 is 15.7. The molecule has 1 amide bonds. The average Bonchev–Trinajstić information content (AvgIpc) is 2.70. The van der Waals surface area contributed by atoms with Gasteiger partial charge in [0.15, 0.2) is 11.5 Å². The van der Waals surface area contributed by atoms with E-state index in [0.717, 1.165) is 11.1 Å². The van der Waals surface area contributed by atoms with Gasteiger partial charge in [0.2, 0.25) is 5.91 Å². The molecular formula is C21H23NO5. The summed E-state index contributed by atoms with van der Waals surface area (Å²) in [5.74, 6) is 0.289. The van der Waals surface area contributed by atoms with Crippen molar-refractivity contribution in [2.45, 2.75) is 13.5 Å². The number of ether oxygens (including phenoxy) is 3. The van der Waals surface area contributed by atoms with Crippen molar-refractivity contribution in [1.29, 1.82) is 0 Å². The van der Waals surface area contributed by atoms with Gasteiger partial charge in [-0.2, -0.15) is 0 Å². The molecule has 0 spiro atoms. The van der Waals surface area contributed by atoms with Crippen molar-refractivity contribution in [3.63, 3.8) is 0 Å². The van der Waals surface area contributed by atoms with E-state index in [1.165, 1.54) is 18.7 Å². The summed E-state index contributed by atoms with van der Waals surface area (Å²) in [6.07, 6.45) is 2.96. The van der Waals surface area contributed by atoms with Crippen molar-refractivity contribution in [1.82, 2.24) is 5.32 Å². The Balaban J connectivity index is 1.98. The average molecular weight is 369 g/mol. The number of hydrogen-bond acceptors (Lipinski definition) is 5. The molecule has 2 aromatic rings. The Kier molecular flexibility index (Phi) is 7.43. The van der Waals surface area contributed by atoms with Crippen LogP contribution in [0.4, 0.5) is 0 Å². The molecule has 0 aromatic heterocycles. The third-order valence-electron chi connectivity index (χ3n) is 3.76. The highest BCUT2D eigenvalue weighted by Gasteiger charge is 2.06. The first-order chi connectivity index (χ1) is 13.0. The molecule has 0 fully saturated rings. The van der Waals surface area contributed by atoms with Crippen molar-refractivity contribution < 1.29 is 23.8 Å². The van der Waals surface area contributed by atoms with Crippen LogP contribution in [0.15, 0.2) is 48.5 Å². The Labute approximate surface area is 158 Å². The van der Waals surface area contributed by atoms with E-state index in [2.05, 4.69) is 10.1 Å². The maximum absolute atomic E-state index is 11.7. The Morgan fingerprint density at radius 2 is 1.78 bits per heavy atom. The first-order valence-corrected chi connectivity index (χ1v) is 8.41. The molecule has 2 aromatic carbocycles. The largest absolute Gasteiger partial charge is 0.493 e. The minimum absolute atomic E-state index is 0.172. The van der Waals surface area contributed by atoms with Gasteiger partial charge in [-0.25, -0.2) is 0 Å². The van der Waals surface area contributed by atoms with Gasteiger partial charge in [0.1, 0.15) is 13.2 Å². The minimum Gasteiger partial charge on any atom is -0.493 e. The summed E-state index contributed by atoms with van der Waals surface area (Å²) in [7, 11) is 2.82. The highest BCUT2D eigenvalue weighted by atomic mass is 16.5. The summed E-state index contributed by atoms with van der Waals surface area (Å²) in [5.41, 5.74) is 3.03. The zero-order valence-electron chi connectivity index (χ0n) is 15.7. The van der Waals surface area contributed by atoms with Gasteiger partial charge >= 0.3 is 5.97 Å². The molecule has 0 unspecified atom stereocenters. The third-order valence-corrected chi connectivity index (χ3v) is 3.76. The fourth-order valence-corrected chi connectivity index (χ4v) is 2.21. The molecule has 0 aliphatic carbocycles. The molecule has 0 bridgehead atoms. The standard InChI is InChI=1S/C21H23NO5/c1-15-4-6-17(7-5-15)14-27-18-10-8-16(12-19(18)25-2)9-11-20(23)22-13-21(24)26-3/h4-12H,13-14H2,1-3H3,(H,22,23)/b11-9+. The molecular weight excluding hydrogens is 346 g/mol. The van der Waals surface area contributed by atoms with Gasteiger partial charge in [0, 0.05) is 6.08 Å². The van der Waals surface area contributed by atoms with Crippen LogP contribution in [0.3, 0.4) is 0 Å². The van der Waals surface area contributed by atoms with Crippen LogP contribution in [0.2, 0.25) is 0 Å². The van der Waals surface area contributed by atoms with E-state index in [1.54, 1.807) is 25.3 Å². The molecule has 1 N–H and O–H groups in total. The number of carbonyl (C=O) groups excluding carboxylic acids is 2. The predicted molar refractivity (Wildman–Crippen MR) is 103 cm³/mol.